The summed E-state index contributed by atoms with van der Waals surface area (Å²) in [5.41, 5.74) is 0. The third-order valence-corrected chi connectivity index (χ3v) is 3.62. The second kappa shape index (κ2) is 6.65. The van der Waals surface area contributed by atoms with Crippen LogP contribution in [0.1, 0.15) is 58.8 Å². The van der Waals surface area contributed by atoms with Gasteiger partial charge in [0.1, 0.15) is 0 Å². The first kappa shape index (κ1) is 14.0. The molecule has 0 aromatic rings. The van der Waals surface area contributed by atoms with Crippen molar-refractivity contribution in [2.24, 2.45) is 5.92 Å². The molecule has 1 aliphatic rings. The summed E-state index contributed by atoms with van der Waals surface area (Å²) in [6.07, 6.45) is 8.70. The molecule has 0 radical (unpaired) electrons. The van der Waals surface area contributed by atoms with Crippen molar-refractivity contribution in [3.05, 3.63) is 0 Å². The average molecular weight is 244 g/mol. The van der Waals surface area contributed by atoms with E-state index in [-0.39, 0.29) is 6.10 Å². The second-order valence-electron chi connectivity index (χ2n) is 5.27. The topological polar surface area (TPSA) is 26.3 Å². The Hall–Kier alpha value is -0.0200. The van der Waals surface area contributed by atoms with Crippen LogP contribution in [0, 0.1) is 5.92 Å². The van der Waals surface area contributed by atoms with Crippen LogP contribution in [0.4, 0.5) is 0 Å². The van der Waals surface area contributed by atoms with Crippen molar-refractivity contribution in [2.75, 3.05) is 0 Å². The van der Waals surface area contributed by atoms with Crippen LogP contribution in [0.25, 0.3) is 0 Å². The number of ether oxygens (including phenoxy) is 1. The first-order valence-electron chi connectivity index (χ1n) is 6.42. The molecule has 0 aromatic heterocycles. The van der Waals surface area contributed by atoms with Gasteiger partial charge in [0, 0.05) is 0 Å². The average Bonchev–Trinajstić information content (AvgIpc) is 2.28. The Morgan fingerprint density at radius 1 is 1.38 bits per heavy atom. The molecule has 1 unspecified atom stereocenters. The van der Waals surface area contributed by atoms with Crippen LogP contribution in [-0.2, 0) is 9.53 Å². The van der Waals surface area contributed by atoms with Gasteiger partial charge in [-0.05, 0) is 31.6 Å². The van der Waals surface area contributed by atoms with Crippen LogP contribution in [-0.4, -0.2) is 17.3 Å². The molecule has 16 heavy (non-hydrogen) atoms. The summed E-state index contributed by atoms with van der Waals surface area (Å²) in [7, 11) is 0. The van der Waals surface area contributed by atoms with Crippen molar-refractivity contribution in [3.8, 4) is 0 Å². The molecule has 0 saturated heterocycles. The van der Waals surface area contributed by atoms with E-state index < -0.39 is 4.93 Å². The van der Waals surface area contributed by atoms with Gasteiger partial charge in [0.2, 0.25) is 0 Å². The minimum absolute atomic E-state index is 0.239. The van der Waals surface area contributed by atoms with Gasteiger partial charge in [-0.1, -0.05) is 33.1 Å². The summed E-state index contributed by atoms with van der Waals surface area (Å²) < 4.78 is 5.87. The molecular weight excluding hydrogens is 220 g/mol. The van der Waals surface area contributed by atoms with Crippen molar-refractivity contribution >= 4 is 18.9 Å². The number of thiol groups is 1. The number of rotatable bonds is 6. The van der Waals surface area contributed by atoms with E-state index in [1.54, 1.807) is 0 Å². The highest BCUT2D eigenvalue weighted by Gasteiger charge is 2.30. The molecule has 3 heteroatoms. The maximum Gasteiger partial charge on any atom is 0.166 e. The molecule has 0 heterocycles. The van der Waals surface area contributed by atoms with E-state index in [1.165, 1.54) is 19.3 Å². The lowest BCUT2D eigenvalue weighted by molar-refractivity contribution is -0.128. The van der Waals surface area contributed by atoms with Gasteiger partial charge in [0.15, 0.2) is 11.2 Å². The van der Waals surface area contributed by atoms with Gasteiger partial charge >= 0.3 is 0 Å². The fourth-order valence-corrected chi connectivity index (χ4v) is 2.39. The normalized spacial score (nSPS) is 22.0. The molecule has 0 aliphatic heterocycles. The fourth-order valence-electron chi connectivity index (χ4n) is 2.11. The summed E-state index contributed by atoms with van der Waals surface area (Å²) in [4.78, 5) is 10.3. The molecule has 0 aromatic carbocycles. The highest BCUT2D eigenvalue weighted by Crippen LogP contribution is 2.30. The van der Waals surface area contributed by atoms with Gasteiger partial charge in [-0.25, -0.2) is 0 Å². The predicted molar refractivity (Wildman–Crippen MR) is 69.8 cm³/mol. The molecule has 2 nitrogen and oxygen atoms in total. The molecule has 0 amide bonds. The number of carbonyl (C=O) groups excluding carboxylic acids is 1. The SMILES string of the molecule is CC(C)CCC(S)(C=O)OC1CCCCC1. The zero-order valence-corrected chi connectivity index (χ0v) is 11.3. The highest BCUT2D eigenvalue weighted by molar-refractivity contribution is 7.82. The summed E-state index contributed by atoms with van der Waals surface area (Å²) >= 11 is 4.41. The number of carbonyl (C=O) groups is 1. The molecule has 1 rings (SSSR count). The molecule has 1 saturated carbocycles. The first-order chi connectivity index (χ1) is 7.56. The predicted octanol–water partition coefficient (Wildman–Crippen LogP) is 3.60. The van der Waals surface area contributed by atoms with Gasteiger partial charge in [-0.3, -0.25) is 4.79 Å². The zero-order valence-electron chi connectivity index (χ0n) is 10.4. The maximum absolute atomic E-state index is 11.1. The lowest BCUT2D eigenvalue weighted by Crippen LogP contribution is -2.34. The smallest absolute Gasteiger partial charge is 0.166 e. The number of hydrogen-bond acceptors (Lipinski definition) is 3. The van der Waals surface area contributed by atoms with Crippen molar-refractivity contribution in [1.82, 2.24) is 0 Å². The maximum atomic E-state index is 11.1. The summed E-state index contributed by atoms with van der Waals surface area (Å²) in [5, 5.41) is 0. The lowest BCUT2D eigenvalue weighted by atomic mass is 9.97. The summed E-state index contributed by atoms with van der Waals surface area (Å²) in [5.74, 6) is 0.585. The Kier molecular flexibility index (Phi) is 5.84. The molecule has 1 atom stereocenters. The van der Waals surface area contributed by atoms with E-state index in [9.17, 15) is 4.79 Å². The van der Waals surface area contributed by atoms with E-state index in [0.29, 0.717) is 12.3 Å². The van der Waals surface area contributed by atoms with Crippen molar-refractivity contribution < 1.29 is 9.53 Å². The van der Waals surface area contributed by atoms with Crippen LogP contribution < -0.4 is 0 Å². The molecule has 0 N–H and O–H groups in total. The second-order valence-corrected chi connectivity index (χ2v) is 6.03. The van der Waals surface area contributed by atoms with Crippen molar-refractivity contribution in [3.63, 3.8) is 0 Å². The molecule has 0 spiro atoms. The molecule has 1 aliphatic carbocycles. The van der Waals surface area contributed by atoms with Gasteiger partial charge in [-0.15, -0.1) is 12.6 Å². The Morgan fingerprint density at radius 3 is 2.50 bits per heavy atom. The minimum Gasteiger partial charge on any atom is -0.354 e. The third-order valence-electron chi connectivity index (χ3n) is 3.19. The monoisotopic (exact) mass is 244 g/mol. The van der Waals surface area contributed by atoms with Gasteiger partial charge in [0.25, 0.3) is 0 Å². The largest absolute Gasteiger partial charge is 0.354 e. The van der Waals surface area contributed by atoms with E-state index in [2.05, 4.69) is 26.5 Å². The molecule has 94 valence electrons. The Morgan fingerprint density at radius 2 is 2.00 bits per heavy atom. The summed E-state index contributed by atoms with van der Waals surface area (Å²) in [6, 6.07) is 0. The van der Waals surface area contributed by atoms with Gasteiger partial charge in [0.05, 0.1) is 6.10 Å². The van der Waals surface area contributed by atoms with Crippen LogP contribution in [0.5, 0.6) is 0 Å². The fraction of sp³-hybridized carbons (Fsp3) is 0.923. The zero-order chi connectivity index (χ0) is 12.0. The Balaban J connectivity index is 2.41. The Labute approximate surface area is 105 Å². The number of aldehydes is 1. The minimum atomic E-state index is -0.855. The number of hydrogen-bond donors (Lipinski definition) is 1. The Bertz CT molecular complexity index is 212. The quantitative estimate of drug-likeness (QED) is 0.439. The summed E-state index contributed by atoms with van der Waals surface area (Å²) in [6.45, 7) is 4.30. The van der Waals surface area contributed by atoms with Crippen LogP contribution in [0.2, 0.25) is 0 Å². The van der Waals surface area contributed by atoms with Crippen molar-refractivity contribution in [1.29, 1.82) is 0 Å². The van der Waals surface area contributed by atoms with Crippen molar-refractivity contribution in [2.45, 2.75) is 69.8 Å². The highest BCUT2D eigenvalue weighted by atomic mass is 32.1. The molecular formula is C13H24O2S. The van der Waals surface area contributed by atoms with E-state index in [0.717, 1.165) is 25.5 Å². The molecule has 0 bridgehead atoms. The van der Waals surface area contributed by atoms with Crippen LogP contribution in [0.15, 0.2) is 0 Å². The van der Waals surface area contributed by atoms with E-state index in [4.69, 9.17) is 4.74 Å². The lowest BCUT2D eigenvalue weighted by Gasteiger charge is -2.31. The first-order valence-corrected chi connectivity index (χ1v) is 6.87. The van der Waals surface area contributed by atoms with Gasteiger partial charge < -0.3 is 4.74 Å². The van der Waals surface area contributed by atoms with E-state index in [1.807, 2.05) is 0 Å². The van der Waals surface area contributed by atoms with E-state index >= 15 is 0 Å². The third kappa shape index (κ3) is 4.88. The van der Waals surface area contributed by atoms with Crippen LogP contribution in [0.3, 0.4) is 0 Å². The standard InChI is InChI=1S/C13H24O2S/c1-11(2)8-9-13(16,10-14)15-12-6-4-3-5-7-12/h10-12,16H,3-9H2,1-2H3. The molecule has 1 fully saturated rings. The van der Waals surface area contributed by atoms with Gasteiger partial charge in [-0.2, -0.15) is 0 Å². The van der Waals surface area contributed by atoms with Crippen LogP contribution >= 0.6 is 12.6 Å².